The summed E-state index contributed by atoms with van der Waals surface area (Å²) in [6.07, 6.45) is -7.66. The molecule has 1 aromatic heterocycles. The summed E-state index contributed by atoms with van der Waals surface area (Å²) in [4.78, 5) is 3.13. The Morgan fingerprint density at radius 1 is 1.38 bits per heavy atom. The summed E-state index contributed by atoms with van der Waals surface area (Å²) in [5.41, 5.74) is 4.06. The summed E-state index contributed by atoms with van der Waals surface area (Å²) in [5, 5.41) is -0.903. The lowest BCUT2D eigenvalue weighted by atomic mass is 10.2. The van der Waals surface area contributed by atoms with E-state index < -0.39 is 34.9 Å². The molecule has 0 spiro atoms. The van der Waals surface area contributed by atoms with Gasteiger partial charge in [-0.2, -0.15) is 0 Å². The number of halogens is 6. The number of hydrogen-bond donors (Lipinski definition) is 1. The largest absolute Gasteiger partial charge is 0.573 e. The number of ether oxygens (including phenoxy) is 1. The van der Waals surface area contributed by atoms with E-state index in [0.29, 0.717) is 6.20 Å². The zero-order valence-corrected chi connectivity index (χ0v) is 8.11. The maximum atomic E-state index is 12.4. The molecule has 2 N–H and O–H groups in total. The molecule has 0 aliphatic carbocycles. The average Bonchev–Trinajstić information content (AvgIpc) is 2.07. The minimum Gasteiger partial charge on any atom is -0.403 e. The Balaban J connectivity index is 3.19. The van der Waals surface area contributed by atoms with Crippen LogP contribution in [0, 0.1) is 0 Å². The minimum absolute atomic E-state index is 0.525. The van der Waals surface area contributed by atoms with Crippen molar-refractivity contribution < 1.29 is 26.7 Å². The lowest BCUT2D eigenvalue weighted by Gasteiger charge is -2.13. The standard InChI is InChI=1S/C7H4ClF5N2O/c8-4-2(16-7(11,12)13)1-15-6(14)3(4)5(9)10/h1,5H,(H2,14,15). The van der Waals surface area contributed by atoms with E-state index >= 15 is 0 Å². The van der Waals surface area contributed by atoms with Crippen LogP contribution in [0.3, 0.4) is 0 Å². The van der Waals surface area contributed by atoms with Gasteiger partial charge in [-0.05, 0) is 0 Å². The third kappa shape index (κ3) is 2.84. The van der Waals surface area contributed by atoms with E-state index in [4.69, 9.17) is 17.3 Å². The highest BCUT2D eigenvalue weighted by Gasteiger charge is 2.33. The molecule has 16 heavy (non-hydrogen) atoms. The molecule has 1 heterocycles. The normalized spacial score (nSPS) is 11.9. The van der Waals surface area contributed by atoms with Gasteiger partial charge < -0.3 is 10.5 Å². The molecule has 3 nitrogen and oxygen atoms in total. The van der Waals surface area contributed by atoms with Crippen LogP contribution in [-0.4, -0.2) is 11.3 Å². The van der Waals surface area contributed by atoms with Crippen LogP contribution in [0.1, 0.15) is 12.0 Å². The van der Waals surface area contributed by atoms with Gasteiger partial charge in [0.2, 0.25) is 0 Å². The first-order valence-corrected chi connectivity index (χ1v) is 4.08. The van der Waals surface area contributed by atoms with Crippen LogP contribution >= 0.6 is 11.6 Å². The number of rotatable bonds is 2. The number of hydrogen-bond acceptors (Lipinski definition) is 3. The van der Waals surface area contributed by atoms with Gasteiger partial charge >= 0.3 is 6.36 Å². The molecule has 0 aromatic carbocycles. The minimum atomic E-state index is -5.04. The first-order chi connectivity index (χ1) is 7.22. The van der Waals surface area contributed by atoms with Crippen LogP contribution in [0.15, 0.2) is 6.20 Å². The van der Waals surface area contributed by atoms with Gasteiger partial charge in [0.15, 0.2) is 5.75 Å². The molecule has 1 rings (SSSR count). The fourth-order valence-electron chi connectivity index (χ4n) is 0.903. The summed E-state index contributed by atoms with van der Waals surface area (Å²) < 4.78 is 63.6. The van der Waals surface area contributed by atoms with Crippen LogP contribution in [0.4, 0.5) is 27.8 Å². The van der Waals surface area contributed by atoms with Crippen molar-refractivity contribution in [3.8, 4) is 5.75 Å². The molecular formula is C7H4ClF5N2O. The number of nitrogens with two attached hydrogens (primary N) is 1. The van der Waals surface area contributed by atoms with E-state index in [1.807, 2.05) is 0 Å². The molecule has 0 fully saturated rings. The highest BCUT2D eigenvalue weighted by atomic mass is 35.5. The molecule has 0 atom stereocenters. The van der Waals surface area contributed by atoms with Crippen LogP contribution < -0.4 is 10.5 Å². The predicted molar refractivity (Wildman–Crippen MR) is 45.3 cm³/mol. The van der Waals surface area contributed by atoms with Crippen molar-refractivity contribution in [3.05, 3.63) is 16.8 Å². The predicted octanol–water partition coefficient (Wildman–Crippen LogP) is 3.15. The molecule has 1 aromatic rings. The topological polar surface area (TPSA) is 48.1 Å². The van der Waals surface area contributed by atoms with Gasteiger partial charge in [0, 0.05) is 0 Å². The van der Waals surface area contributed by atoms with Gasteiger partial charge in [0.05, 0.1) is 16.8 Å². The molecule has 0 saturated carbocycles. The van der Waals surface area contributed by atoms with E-state index in [9.17, 15) is 22.0 Å². The Morgan fingerprint density at radius 3 is 2.38 bits per heavy atom. The highest BCUT2D eigenvalue weighted by Crippen LogP contribution is 2.38. The Bertz CT molecular complexity index is 395. The summed E-state index contributed by atoms with van der Waals surface area (Å²) in [7, 11) is 0. The molecule has 9 heteroatoms. The molecule has 0 saturated heterocycles. The van der Waals surface area contributed by atoms with Crippen molar-refractivity contribution in [1.82, 2.24) is 4.98 Å². The van der Waals surface area contributed by atoms with E-state index in [2.05, 4.69) is 9.72 Å². The van der Waals surface area contributed by atoms with Crippen LogP contribution in [0.5, 0.6) is 5.75 Å². The summed E-state index contributed by atoms with van der Waals surface area (Å²) >= 11 is 5.29. The lowest BCUT2D eigenvalue weighted by Crippen LogP contribution is -2.18. The Hall–Kier alpha value is -1.31. The molecule has 0 aliphatic rings. The Morgan fingerprint density at radius 2 is 1.94 bits per heavy atom. The zero-order chi connectivity index (χ0) is 12.5. The van der Waals surface area contributed by atoms with E-state index in [-0.39, 0.29) is 0 Å². The first-order valence-electron chi connectivity index (χ1n) is 3.70. The number of nitrogens with zero attached hydrogens (tertiary/aromatic N) is 1. The van der Waals surface area contributed by atoms with Crippen molar-refractivity contribution in [2.75, 3.05) is 5.73 Å². The fraction of sp³-hybridized carbons (Fsp3) is 0.286. The maximum absolute atomic E-state index is 12.4. The molecule has 0 amide bonds. The molecular weight excluding hydrogens is 259 g/mol. The van der Waals surface area contributed by atoms with E-state index in [0.717, 1.165) is 0 Å². The quantitative estimate of drug-likeness (QED) is 0.833. The van der Waals surface area contributed by atoms with Crippen molar-refractivity contribution in [1.29, 1.82) is 0 Å². The van der Waals surface area contributed by atoms with Gasteiger partial charge in [0.1, 0.15) is 5.82 Å². The number of aromatic nitrogens is 1. The molecule has 0 aliphatic heterocycles. The monoisotopic (exact) mass is 262 g/mol. The van der Waals surface area contributed by atoms with E-state index in [1.54, 1.807) is 0 Å². The smallest absolute Gasteiger partial charge is 0.403 e. The summed E-state index contributed by atoms with van der Waals surface area (Å²) in [6.45, 7) is 0. The number of pyridine rings is 1. The van der Waals surface area contributed by atoms with Crippen molar-refractivity contribution in [2.24, 2.45) is 0 Å². The SMILES string of the molecule is Nc1ncc(OC(F)(F)F)c(Cl)c1C(F)F. The van der Waals surface area contributed by atoms with Crippen molar-refractivity contribution >= 4 is 17.4 Å². The second kappa shape index (κ2) is 4.28. The number of anilines is 1. The van der Waals surface area contributed by atoms with Gasteiger partial charge in [-0.25, -0.2) is 13.8 Å². The van der Waals surface area contributed by atoms with Crippen LogP contribution in [0.2, 0.25) is 5.02 Å². The molecule has 0 bridgehead atoms. The van der Waals surface area contributed by atoms with Gasteiger partial charge in [-0.3, -0.25) is 0 Å². The fourth-order valence-corrected chi connectivity index (χ4v) is 1.17. The van der Waals surface area contributed by atoms with E-state index in [1.165, 1.54) is 0 Å². The highest BCUT2D eigenvalue weighted by molar-refractivity contribution is 6.33. The Kier molecular flexibility index (Phi) is 3.41. The summed E-state index contributed by atoms with van der Waals surface area (Å²) in [6, 6.07) is 0. The maximum Gasteiger partial charge on any atom is 0.573 e. The first kappa shape index (κ1) is 12.8. The summed E-state index contributed by atoms with van der Waals surface area (Å²) in [5.74, 6) is -1.66. The molecule has 0 radical (unpaired) electrons. The third-order valence-electron chi connectivity index (χ3n) is 1.49. The molecule has 90 valence electrons. The van der Waals surface area contributed by atoms with Gasteiger partial charge in [-0.15, -0.1) is 13.2 Å². The lowest BCUT2D eigenvalue weighted by molar-refractivity contribution is -0.274. The number of alkyl halides is 5. The molecule has 0 unspecified atom stereocenters. The van der Waals surface area contributed by atoms with Crippen LogP contribution in [0.25, 0.3) is 0 Å². The van der Waals surface area contributed by atoms with Gasteiger partial charge in [-0.1, -0.05) is 11.6 Å². The Labute approximate surface area is 91.0 Å². The van der Waals surface area contributed by atoms with Crippen molar-refractivity contribution in [2.45, 2.75) is 12.8 Å². The zero-order valence-electron chi connectivity index (χ0n) is 7.36. The average molecular weight is 263 g/mol. The number of nitrogen functional groups attached to an aromatic ring is 1. The second-order valence-corrected chi connectivity index (χ2v) is 2.96. The van der Waals surface area contributed by atoms with Crippen molar-refractivity contribution in [3.63, 3.8) is 0 Å². The van der Waals surface area contributed by atoms with Crippen LogP contribution in [-0.2, 0) is 0 Å². The van der Waals surface area contributed by atoms with Gasteiger partial charge in [0.25, 0.3) is 6.43 Å². The second-order valence-electron chi connectivity index (χ2n) is 2.58. The third-order valence-corrected chi connectivity index (χ3v) is 1.88.